The Labute approximate surface area is 183 Å². The summed E-state index contributed by atoms with van der Waals surface area (Å²) in [6.07, 6.45) is 0.281. The maximum absolute atomic E-state index is 13.9. The molecule has 0 spiro atoms. The fraction of sp³-hybridized carbons (Fsp3) is 0.350. The summed E-state index contributed by atoms with van der Waals surface area (Å²) in [5.41, 5.74) is 1.21. The van der Waals surface area contributed by atoms with Crippen LogP contribution in [0.1, 0.15) is 17.5 Å². The molecule has 1 aliphatic carbocycles. The van der Waals surface area contributed by atoms with Gasteiger partial charge in [0.25, 0.3) is 15.9 Å². The summed E-state index contributed by atoms with van der Waals surface area (Å²) < 4.78 is 53.2. The van der Waals surface area contributed by atoms with E-state index in [0.717, 1.165) is 5.56 Å². The van der Waals surface area contributed by atoms with Gasteiger partial charge in [-0.25, -0.2) is 8.78 Å². The highest BCUT2D eigenvalue weighted by molar-refractivity contribution is 7.89. The standard InChI is InChI=1S/C20H19Cl2F2N3O2S/c1-12-5-7-13(8-6-12)30(28,29)26-25-19(18-16(21)3-2-4-17(18)22)27-10-9-14-15(11-27)20(14,23)24/h2-8,14-15,26H,9-11H2,1H3/b25-19+. The number of hydrogen-bond donors (Lipinski definition) is 1. The fourth-order valence-electron chi connectivity index (χ4n) is 3.79. The fourth-order valence-corrected chi connectivity index (χ4v) is 5.16. The number of alkyl halides is 2. The van der Waals surface area contributed by atoms with Crippen molar-refractivity contribution in [1.82, 2.24) is 9.73 Å². The monoisotopic (exact) mass is 473 g/mol. The highest BCUT2D eigenvalue weighted by atomic mass is 35.5. The minimum absolute atomic E-state index is 0.0360. The van der Waals surface area contributed by atoms with Crippen LogP contribution in [0.3, 0.4) is 0 Å². The van der Waals surface area contributed by atoms with E-state index in [2.05, 4.69) is 9.93 Å². The molecule has 1 saturated heterocycles. The summed E-state index contributed by atoms with van der Waals surface area (Å²) in [5, 5.41) is 4.60. The molecule has 5 nitrogen and oxygen atoms in total. The molecule has 0 radical (unpaired) electrons. The summed E-state index contributed by atoms with van der Waals surface area (Å²) in [7, 11) is -3.97. The van der Waals surface area contributed by atoms with Gasteiger partial charge in [0.1, 0.15) is 0 Å². The van der Waals surface area contributed by atoms with Crippen LogP contribution in [-0.4, -0.2) is 38.2 Å². The first kappa shape index (κ1) is 21.3. The van der Waals surface area contributed by atoms with E-state index >= 15 is 0 Å². The third kappa shape index (κ3) is 3.88. The predicted molar refractivity (Wildman–Crippen MR) is 113 cm³/mol. The van der Waals surface area contributed by atoms with Gasteiger partial charge in [-0.3, -0.25) is 0 Å². The van der Waals surface area contributed by atoms with Gasteiger partial charge >= 0.3 is 0 Å². The van der Waals surface area contributed by atoms with E-state index in [-0.39, 0.29) is 33.7 Å². The summed E-state index contributed by atoms with van der Waals surface area (Å²) in [5.74, 6) is -4.00. The van der Waals surface area contributed by atoms with Gasteiger partial charge < -0.3 is 4.90 Å². The zero-order chi connectivity index (χ0) is 21.7. The van der Waals surface area contributed by atoms with Gasteiger partial charge in [-0.05, 0) is 37.6 Å². The third-order valence-electron chi connectivity index (χ3n) is 5.58. The highest BCUT2D eigenvalue weighted by Crippen LogP contribution is 2.59. The Morgan fingerprint density at radius 1 is 1.13 bits per heavy atom. The molecular weight excluding hydrogens is 455 g/mol. The van der Waals surface area contributed by atoms with E-state index in [1.165, 1.54) is 12.1 Å². The molecule has 1 saturated carbocycles. The maximum Gasteiger partial charge on any atom is 0.276 e. The van der Waals surface area contributed by atoms with Crippen LogP contribution in [-0.2, 0) is 10.0 Å². The molecule has 2 unspecified atom stereocenters. The van der Waals surface area contributed by atoms with Gasteiger partial charge in [0, 0.05) is 24.9 Å². The molecule has 2 fully saturated rings. The molecule has 1 aliphatic heterocycles. The first-order chi connectivity index (χ1) is 14.1. The van der Waals surface area contributed by atoms with Gasteiger partial charge in [0.2, 0.25) is 0 Å². The smallest absolute Gasteiger partial charge is 0.276 e. The number of hydrogen-bond acceptors (Lipinski definition) is 3. The lowest BCUT2D eigenvalue weighted by molar-refractivity contribution is 0.0859. The number of piperidine rings is 1. The largest absolute Gasteiger partial charge is 0.354 e. The Hall–Kier alpha value is -1.90. The van der Waals surface area contributed by atoms with Crippen molar-refractivity contribution in [3.8, 4) is 0 Å². The second kappa shape index (κ2) is 7.66. The first-order valence-corrected chi connectivity index (χ1v) is 11.6. The molecule has 2 aromatic carbocycles. The van der Waals surface area contributed by atoms with E-state index in [9.17, 15) is 17.2 Å². The molecule has 2 atom stereocenters. The van der Waals surface area contributed by atoms with Crippen molar-refractivity contribution in [3.05, 3.63) is 63.6 Å². The van der Waals surface area contributed by atoms with Gasteiger partial charge in [-0.15, -0.1) is 5.10 Å². The minimum Gasteiger partial charge on any atom is -0.354 e. The van der Waals surface area contributed by atoms with E-state index < -0.39 is 27.8 Å². The first-order valence-electron chi connectivity index (χ1n) is 9.34. The Morgan fingerprint density at radius 2 is 1.77 bits per heavy atom. The molecule has 0 aromatic heterocycles. The Bertz CT molecular complexity index is 1090. The highest BCUT2D eigenvalue weighted by Gasteiger charge is 2.69. The van der Waals surface area contributed by atoms with Crippen LogP contribution in [0.15, 0.2) is 52.5 Å². The normalized spacial score (nSPS) is 23.1. The minimum atomic E-state index is -3.97. The lowest BCUT2D eigenvalue weighted by atomic mass is 10.1. The number of nitrogens with one attached hydrogen (secondary N) is 1. The number of hydrazone groups is 1. The average Bonchev–Trinajstić information content (AvgIpc) is 3.24. The number of fused-ring (bicyclic) bond motifs is 1. The Kier molecular flexibility index (Phi) is 5.45. The maximum atomic E-state index is 13.9. The van der Waals surface area contributed by atoms with Crippen molar-refractivity contribution in [1.29, 1.82) is 0 Å². The van der Waals surface area contributed by atoms with Crippen molar-refractivity contribution in [2.24, 2.45) is 16.9 Å². The van der Waals surface area contributed by atoms with Crippen LogP contribution in [0.5, 0.6) is 0 Å². The zero-order valence-corrected chi connectivity index (χ0v) is 18.3. The van der Waals surface area contributed by atoms with Crippen molar-refractivity contribution in [2.75, 3.05) is 13.1 Å². The van der Waals surface area contributed by atoms with Crippen LogP contribution >= 0.6 is 23.2 Å². The number of rotatable bonds is 4. The van der Waals surface area contributed by atoms with Crippen LogP contribution in [0.2, 0.25) is 10.0 Å². The summed E-state index contributed by atoms with van der Waals surface area (Å²) in [6, 6.07) is 11.1. The SMILES string of the molecule is Cc1ccc(S(=O)(=O)N/N=C(\c2c(Cl)cccc2Cl)N2CCC3C(C2)C3(F)F)cc1. The molecule has 4 rings (SSSR count). The number of likely N-dealkylation sites (tertiary alicyclic amines) is 1. The molecule has 10 heteroatoms. The second-order valence-corrected chi connectivity index (χ2v) is 10.0. The Balaban J connectivity index is 1.69. The summed E-state index contributed by atoms with van der Waals surface area (Å²) in [6.45, 7) is 2.18. The van der Waals surface area contributed by atoms with Crippen LogP contribution in [0, 0.1) is 18.8 Å². The van der Waals surface area contributed by atoms with E-state index in [4.69, 9.17) is 23.2 Å². The van der Waals surface area contributed by atoms with E-state index in [0.29, 0.717) is 12.1 Å². The molecule has 2 aliphatic rings. The topological polar surface area (TPSA) is 61.8 Å². The lowest BCUT2D eigenvalue weighted by Crippen LogP contribution is -2.39. The average molecular weight is 474 g/mol. The van der Waals surface area contributed by atoms with Crippen molar-refractivity contribution in [2.45, 2.75) is 24.2 Å². The Morgan fingerprint density at radius 3 is 2.37 bits per heavy atom. The van der Waals surface area contributed by atoms with Gasteiger partial charge in [-0.1, -0.05) is 47.0 Å². The molecule has 0 bridgehead atoms. The second-order valence-electron chi connectivity index (χ2n) is 7.56. The van der Waals surface area contributed by atoms with Crippen molar-refractivity contribution >= 4 is 39.1 Å². The number of benzene rings is 2. The summed E-state index contributed by atoms with van der Waals surface area (Å²) in [4.78, 5) is 3.86. The molecule has 0 amide bonds. The van der Waals surface area contributed by atoms with Gasteiger partial charge in [-0.2, -0.15) is 13.2 Å². The molecule has 1 heterocycles. The van der Waals surface area contributed by atoms with E-state index in [1.54, 1.807) is 35.2 Å². The molecular formula is C20H19Cl2F2N3O2S. The third-order valence-corrected chi connectivity index (χ3v) is 7.44. The van der Waals surface area contributed by atoms with Crippen LogP contribution < -0.4 is 4.83 Å². The number of nitrogens with zero attached hydrogens (tertiary/aromatic N) is 2. The molecule has 30 heavy (non-hydrogen) atoms. The van der Waals surface area contributed by atoms with Gasteiger partial charge in [0.05, 0.1) is 20.5 Å². The molecule has 1 N–H and O–H groups in total. The van der Waals surface area contributed by atoms with Crippen LogP contribution in [0.4, 0.5) is 8.78 Å². The molecule has 2 aromatic rings. The van der Waals surface area contributed by atoms with Crippen molar-refractivity contribution in [3.63, 3.8) is 0 Å². The van der Waals surface area contributed by atoms with E-state index in [1.807, 2.05) is 6.92 Å². The predicted octanol–water partition coefficient (Wildman–Crippen LogP) is 4.53. The quantitative estimate of drug-likeness (QED) is 0.403. The zero-order valence-electron chi connectivity index (χ0n) is 15.9. The van der Waals surface area contributed by atoms with Crippen LogP contribution in [0.25, 0.3) is 0 Å². The van der Waals surface area contributed by atoms with Gasteiger partial charge in [0.15, 0.2) is 5.84 Å². The number of halogens is 4. The van der Waals surface area contributed by atoms with Crippen molar-refractivity contribution < 1.29 is 17.2 Å². The number of sulfonamides is 1. The molecule has 160 valence electrons. The number of amidine groups is 1. The lowest BCUT2D eigenvalue weighted by Gasteiger charge is -2.29. The number of aryl methyl sites for hydroxylation is 1. The summed E-state index contributed by atoms with van der Waals surface area (Å²) >= 11 is 12.6.